The normalized spacial score (nSPS) is 11.8. The standard InChI is InChI=1S/C36H36N2O6/c1-25-6-7-30-22-33(12-10-28(30)20-25)43-18-16-41-14-15-42-17-19-44-34-13-11-29-21-27(8-9-31(29)23-34)26(2)37-36(40)35-5-3-4-32(24-39)38-35/h3-13,20-24,26H,14-19H2,1-2H3,(H,37,40)/t26-/m1/s1. The van der Waals surface area contributed by atoms with E-state index in [2.05, 4.69) is 41.5 Å². The topological polar surface area (TPSA) is 96.0 Å². The number of aromatic nitrogens is 1. The van der Waals surface area contributed by atoms with Gasteiger partial charge < -0.3 is 24.3 Å². The van der Waals surface area contributed by atoms with Gasteiger partial charge in [0.15, 0.2) is 6.29 Å². The molecule has 44 heavy (non-hydrogen) atoms. The second kappa shape index (κ2) is 15.1. The number of ether oxygens (including phenoxy) is 4. The number of nitrogens with one attached hydrogen (secondary N) is 1. The molecule has 8 heteroatoms. The van der Waals surface area contributed by atoms with Crippen LogP contribution in [0.5, 0.6) is 11.5 Å². The first-order chi connectivity index (χ1) is 21.5. The molecule has 1 amide bonds. The summed E-state index contributed by atoms with van der Waals surface area (Å²) >= 11 is 0. The van der Waals surface area contributed by atoms with E-state index in [9.17, 15) is 9.59 Å². The summed E-state index contributed by atoms with van der Waals surface area (Å²) in [7, 11) is 0. The van der Waals surface area contributed by atoms with Crippen molar-refractivity contribution >= 4 is 33.7 Å². The second-order valence-corrected chi connectivity index (χ2v) is 10.5. The number of fused-ring (bicyclic) bond motifs is 2. The molecular formula is C36H36N2O6. The Balaban J connectivity index is 0.974. The Kier molecular flexibility index (Phi) is 10.5. The number of aldehydes is 1. The molecule has 0 saturated heterocycles. The Bertz CT molecular complexity index is 1740. The molecule has 226 valence electrons. The molecule has 0 unspecified atom stereocenters. The zero-order valence-electron chi connectivity index (χ0n) is 25.0. The van der Waals surface area contributed by atoms with E-state index in [-0.39, 0.29) is 23.3 Å². The van der Waals surface area contributed by atoms with E-state index >= 15 is 0 Å². The van der Waals surface area contributed by atoms with Crippen LogP contribution < -0.4 is 14.8 Å². The third-order valence-electron chi connectivity index (χ3n) is 7.14. The zero-order chi connectivity index (χ0) is 30.7. The fourth-order valence-electron chi connectivity index (χ4n) is 4.79. The third kappa shape index (κ3) is 8.40. The number of benzene rings is 4. The number of carbonyl (C=O) groups excluding carboxylic acids is 2. The molecule has 0 aliphatic heterocycles. The maximum atomic E-state index is 12.6. The molecule has 5 aromatic rings. The first-order valence-corrected chi connectivity index (χ1v) is 14.7. The summed E-state index contributed by atoms with van der Waals surface area (Å²) in [6.07, 6.45) is 0.622. The number of hydrogen-bond acceptors (Lipinski definition) is 7. The van der Waals surface area contributed by atoms with E-state index in [1.807, 2.05) is 55.5 Å². The fraction of sp³-hybridized carbons (Fsp3) is 0.250. The zero-order valence-corrected chi connectivity index (χ0v) is 25.0. The molecule has 0 aliphatic rings. The molecule has 0 saturated carbocycles. The Hall–Kier alpha value is -4.79. The monoisotopic (exact) mass is 592 g/mol. The molecule has 0 aliphatic carbocycles. The molecule has 0 radical (unpaired) electrons. The minimum absolute atomic E-state index is 0.206. The van der Waals surface area contributed by atoms with Crippen LogP contribution >= 0.6 is 0 Å². The van der Waals surface area contributed by atoms with Gasteiger partial charge in [0.1, 0.15) is 36.1 Å². The average molecular weight is 593 g/mol. The second-order valence-electron chi connectivity index (χ2n) is 10.5. The minimum Gasteiger partial charge on any atom is -0.491 e. The Labute approximate surface area is 256 Å². The molecule has 1 atom stereocenters. The number of rotatable bonds is 15. The minimum atomic E-state index is -0.333. The summed E-state index contributed by atoms with van der Waals surface area (Å²) in [6.45, 7) is 6.81. The SMILES string of the molecule is Cc1ccc2cc(OCCOCCOCCOc3ccc4cc([C@@H](C)NC(=O)c5cccc(C=O)n5)ccc4c3)ccc2c1. The first kappa shape index (κ1) is 30.7. The van der Waals surface area contributed by atoms with Gasteiger partial charge in [0, 0.05) is 0 Å². The van der Waals surface area contributed by atoms with Crippen molar-refractivity contribution in [1.29, 1.82) is 0 Å². The van der Waals surface area contributed by atoms with Crippen molar-refractivity contribution in [1.82, 2.24) is 10.3 Å². The lowest BCUT2D eigenvalue weighted by atomic mass is 10.0. The maximum absolute atomic E-state index is 12.6. The molecule has 4 aromatic carbocycles. The molecule has 0 fully saturated rings. The van der Waals surface area contributed by atoms with E-state index in [0.29, 0.717) is 45.9 Å². The van der Waals surface area contributed by atoms with Crippen LogP contribution in [0.3, 0.4) is 0 Å². The Morgan fingerprint density at radius 3 is 1.95 bits per heavy atom. The van der Waals surface area contributed by atoms with Gasteiger partial charge in [-0.1, -0.05) is 54.1 Å². The molecular weight excluding hydrogens is 556 g/mol. The van der Waals surface area contributed by atoms with E-state index in [4.69, 9.17) is 18.9 Å². The van der Waals surface area contributed by atoms with Crippen LogP contribution in [0.4, 0.5) is 0 Å². The van der Waals surface area contributed by atoms with E-state index in [1.165, 1.54) is 10.9 Å². The van der Waals surface area contributed by atoms with Gasteiger partial charge in [0.05, 0.1) is 32.5 Å². The highest BCUT2D eigenvalue weighted by Crippen LogP contribution is 2.25. The Morgan fingerprint density at radius 1 is 0.727 bits per heavy atom. The van der Waals surface area contributed by atoms with Crippen LogP contribution in [0.15, 0.2) is 91.0 Å². The van der Waals surface area contributed by atoms with Crippen molar-refractivity contribution in [3.63, 3.8) is 0 Å². The number of amides is 1. The molecule has 1 aromatic heterocycles. The molecule has 8 nitrogen and oxygen atoms in total. The van der Waals surface area contributed by atoms with Crippen LogP contribution in [-0.2, 0) is 9.47 Å². The summed E-state index contributed by atoms with van der Waals surface area (Å²) in [5, 5.41) is 7.37. The summed E-state index contributed by atoms with van der Waals surface area (Å²) < 4.78 is 22.9. The predicted molar refractivity (Wildman–Crippen MR) is 171 cm³/mol. The van der Waals surface area contributed by atoms with Crippen molar-refractivity contribution in [2.24, 2.45) is 0 Å². The summed E-state index contributed by atoms with van der Waals surface area (Å²) in [5.41, 5.74) is 2.63. The van der Waals surface area contributed by atoms with Crippen LogP contribution in [0.1, 0.15) is 45.1 Å². The van der Waals surface area contributed by atoms with Gasteiger partial charge >= 0.3 is 0 Å². The summed E-state index contributed by atoms with van der Waals surface area (Å²) in [5.74, 6) is 1.26. The average Bonchev–Trinajstić information content (AvgIpc) is 3.05. The van der Waals surface area contributed by atoms with E-state index < -0.39 is 0 Å². The lowest BCUT2D eigenvalue weighted by Crippen LogP contribution is -2.27. The van der Waals surface area contributed by atoms with Crippen LogP contribution in [0, 0.1) is 6.92 Å². The van der Waals surface area contributed by atoms with Crippen LogP contribution in [-0.4, -0.2) is 56.8 Å². The van der Waals surface area contributed by atoms with Gasteiger partial charge in [0.2, 0.25) is 0 Å². The van der Waals surface area contributed by atoms with Crippen molar-refractivity contribution in [2.45, 2.75) is 19.9 Å². The highest BCUT2D eigenvalue weighted by molar-refractivity contribution is 5.93. The molecule has 0 spiro atoms. The lowest BCUT2D eigenvalue weighted by molar-refractivity contribution is 0.0274. The number of nitrogens with zero attached hydrogens (tertiary/aromatic N) is 1. The van der Waals surface area contributed by atoms with Crippen molar-refractivity contribution < 1.29 is 28.5 Å². The van der Waals surface area contributed by atoms with Crippen molar-refractivity contribution in [3.05, 3.63) is 114 Å². The smallest absolute Gasteiger partial charge is 0.270 e. The van der Waals surface area contributed by atoms with Crippen LogP contribution in [0.25, 0.3) is 21.5 Å². The maximum Gasteiger partial charge on any atom is 0.270 e. The Morgan fingerprint density at radius 2 is 1.30 bits per heavy atom. The summed E-state index contributed by atoms with van der Waals surface area (Å²) in [4.78, 5) is 27.6. The number of aryl methyl sites for hydroxylation is 1. The van der Waals surface area contributed by atoms with Gasteiger partial charge in [-0.25, -0.2) is 4.98 Å². The summed E-state index contributed by atoms with van der Waals surface area (Å²) in [6, 6.07) is 28.9. The van der Waals surface area contributed by atoms with E-state index in [1.54, 1.807) is 18.2 Å². The molecule has 1 heterocycles. The highest BCUT2D eigenvalue weighted by atomic mass is 16.6. The highest BCUT2D eigenvalue weighted by Gasteiger charge is 2.14. The number of pyridine rings is 1. The third-order valence-corrected chi connectivity index (χ3v) is 7.14. The van der Waals surface area contributed by atoms with E-state index in [0.717, 1.165) is 33.2 Å². The van der Waals surface area contributed by atoms with Crippen molar-refractivity contribution in [2.75, 3.05) is 39.6 Å². The molecule has 5 rings (SSSR count). The van der Waals surface area contributed by atoms with Gasteiger partial charge in [-0.15, -0.1) is 0 Å². The van der Waals surface area contributed by atoms with Crippen molar-refractivity contribution in [3.8, 4) is 11.5 Å². The van der Waals surface area contributed by atoms with Gasteiger partial charge in [-0.3, -0.25) is 9.59 Å². The first-order valence-electron chi connectivity index (χ1n) is 14.7. The fourth-order valence-corrected chi connectivity index (χ4v) is 4.79. The largest absolute Gasteiger partial charge is 0.491 e. The molecule has 0 bridgehead atoms. The quantitative estimate of drug-likeness (QED) is 0.110. The number of carbonyl (C=O) groups is 2. The van der Waals surface area contributed by atoms with Gasteiger partial charge in [0.25, 0.3) is 5.91 Å². The van der Waals surface area contributed by atoms with Gasteiger partial charge in [-0.2, -0.15) is 0 Å². The lowest BCUT2D eigenvalue weighted by Gasteiger charge is -2.15. The molecule has 1 N–H and O–H groups in total. The predicted octanol–water partition coefficient (Wildman–Crippen LogP) is 6.49. The van der Waals surface area contributed by atoms with Gasteiger partial charge in [-0.05, 0) is 83.4 Å². The van der Waals surface area contributed by atoms with Crippen LogP contribution in [0.2, 0.25) is 0 Å². The number of hydrogen-bond donors (Lipinski definition) is 1.